The number of nitrogens with one attached hydrogen (secondary N) is 1. The van der Waals surface area contributed by atoms with Gasteiger partial charge in [0.2, 0.25) is 0 Å². The van der Waals surface area contributed by atoms with Crippen LogP contribution in [0.25, 0.3) is 0 Å². The van der Waals surface area contributed by atoms with E-state index in [1.54, 1.807) is 6.20 Å². The smallest absolute Gasteiger partial charge is 0.280 e. The Kier molecular flexibility index (Phi) is 4.82. The minimum absolute atomic E-state index is 0.183. The third-order valence-electron chi connectivity index (χ3n) is 4.52. The molecule has 0 saturated carbocycles. The van der Waals surface area contributed by atoms with Gasteiger partial charge in [-0.15, -0.1) is 0 Å². The van der Waals surface area contributed by atoms with E-state index in [-0.39, 0.29) is 5.56 Å². The fraction of sp³-hybridized carbons (Fsp3) is 0.412. The van der Waals surface area contributed by atoms with Gasteiger partial charge in [-0.3, -0.25) is 9.69 Å². The Morgan fingerprint density at radius 3 is 2.87 bits per heavy atom. The molecule has 3 rings (SSSR count). The first-order valence-corrected chi connectivity index (χ1v) is 8.62. The van der Waals surface area contributed by atoms with Gasteiger partial charge in [0.1, 0.15) is 4.47 Å². The van der Waals surface area contributed by atoms with E-state index in [1.807, 2.05) is 0 Å². The van der Waals surface area contributed by atoms with Gasteiger partial charge in [0.25, 0.3) is 5.56 Å². The van der Waals surface area contributed by atoms with Gasteiger partial charge in [-0.1, -0.05) is 24.3 Å². The van der Waals surface area contributed by atoms with Crippen LogP contribution in [-0.2, 0) is 6.54 Å². The number of rotatable bonds is 3. The number of aryl methyl sites for hydroxylation is 1. The number of aromatic amines is 1. The molecule has 2 heterocycles. The summed E-state index contributed by atoms with van der Waals surface area (Å²) >= 11 is 3.38. The molecule has 1 aliphatic heterocycles. The summed E-state index contributed by atoms with van der Waals surface area (Å²) in [6.07, 6.45) is 1.72. The van der Waals surface area contributed by atoms with Crippen LogP contribution in [-0.4, -0.2) is 40.8 Å². The molecule has 1 fully saturated rings. The Bertz CT molecular complexity index is 745. The molecular weight excluding hydrogens is 356 g/mol. The molecule has 1 saturated heterocycles. The van der Waals surface area contributed by atoms with Crippen LogP contribution in [0.3, 0.4) is 0 Å². The summed E-state index contributed by atoms with van der Waals surface area (Å²) in [5.41, 5.74) is 3.41. The van der Waals surface area contributed by atoms with Crippen LogP contribution in [0.1, 0.15) is 18.1 Å². The zero-order valence-corrected chi connectivity index (χ0v) is 15.0. The van der Waals surface area contributed by atoms with Gasteiger partial charge in [0.05, 0.1) is 11.9 Å². The maximum absolute atomic E-state index is 11.7. The van der Waals surface area contributed by atoms with Gasteiger partial charge >= 0.3 is 0 Å². The van der Waals surface area contributed by atoms with Crippen LogP contribution in [0.15, 0.2) is 39.7 Å². The number of hydrogen-bond donors (Lipinski definition) is 1. The molecule has 23 heavy (non-hydrogen) atoms. The fourth-order valence-electron chi connectivity index (χ4n) is 3.05. The summed E-state index contributed by atoms with van der Waals surface area (Å²) < 4.78 is 0.562. The molecule has 0 aliphatic carbocycles. The van der Waals surface area contributed by atoms with Crippen molar-refractivity contribution >= 4 is 21.6 Å². The molecule has 0 unspecified atom stereocenters. The molecule has 0 bridgehead atoms. The van der Waals surface area contributed by atoms with E-state index >= 15 is 0 Å². The number of halogens is 1. The van der Waals surface area contributed by atoms with Crippen molar-refractivity contribution < 1.29 is 0 Å². The Labute approximate surface area is 144 Å². The zero-order chi connectivity index (χ0) is 16.4. The van der Waals surface area contributed by atoms with Crippen molar-refractivity contribution in [2.24, 2.45) is 0 Å². The van der Waals surface area contributed by atoms with Crippen molar-refractivity contribution in [3.8, 4) is 0 Å². The average Bonchev–Trinajstić information content (AvgIpc) is 2.54. The van der Waals surface area contributed by atoms with Crippen molar-refractivity contribution in [2.75, 3.05) is 24.5 Å². The summed E-state index contributed by atoms with van der Waals surface area (Å²) in [4.78, 5) is 16.4. The number of benzene rings is 1. The molecule has 1 aromatic heterocycles. The highest BCUT2D eigenvalue weighted by Crippen LogP contribution is 2.25. The number of hydrogen-bond acceptors (Lipinski definition) is 4. The summed E-state index contributed by atoms with van der Waals surface area (Å²) in [5, 5.41) is 6.37. The van der Waals surface area contributed by atoms with Crippen molar-refractivity contribution in [1.29, 1.82) is 0 Å². The molecule has 122 valence electrons. The third kappa shape index (κ3) is 3.48. The van der Waals surface area contributed by atoms with Gasteiger partial charge in [-0.2, -0.15) is 5.10 Å². The standard InChI is InChI=1S/C17H21BrN4O/c1-12-5-3-4-6-14(12)11-21-7-8-22(10-13(21)2)15-9-19-20-17(23)16(15)18/h3-6,9,13H,7-8,10-11H2,1-2H3,(H,20,23)/t13-/m0/s1. The molecule has 0 amide bonds. The lowest BCUT2D eigenvalue weighted by Crippen LogP contribution is -2.51. The second-order valence-electron chi connectivity index (χ2n) is 6.09. The largest absolute Gasteiger partial charge is 0.366 e. The van der Waals surface area contributed by atoms with Crippen molar-refractivity contribution in [3.05, 3.63) is 56.4 Å². The summed E-state index contributed by atoms with van der Waals surface area (Å²) in [5.74, 6) is 0. The lowest BCUT2D eigenvalue weighted by atomic mass is 10.1. The van der Waals surface area contributed by atoms with Gasteiger partial charge in [-0.05, 0) is 40.9 Å². The van der Waals surface area contributed by atoms with E-state index in [0.29, 0.717) is 10.5 Å². The van der Waals surface area contributed by atoms with Crippen LogP contribution in [0.4, 0.5) is 5.69 Å². The van der Waals surface area contributed by atoms with Crippen LogP contribution in [0.5, 0.6) is 0 Å². The maximum Gasteiger partial charge on any atom is 0.280 e. The number of anilines is 1. The summed E-state index contributed by atoms with van der Waals surface area (Å²) in [6, 6.07) is 8.95. The molecule has 0 radical (unpaired) electrons. The maximum atomic E-state index is 11.7. The number of nitrogens with zero attached hydrogens (tertiary/aromatic N) is 3. The lowest BCUT2D eigenvalue weighted by molar-refractivity contribution is 0.180. The molecular formula is C17H21BrN4O. The summed E-state index contributed by atoms with van der Waals surface area (Å²) in [7, 11) is 0. The number of aromatic nitrogens is 2. The molecule has 1 aliphatic rings. The molecule has 6 heteroatoms. The van der Waals surface area contributed by atoms with Crippen LogP contribution < -0.4 is 10.5 Å². The highest BCUT2D eigenvalue weighted by Gasteiger charge is 2.25. The fourth-order valence-corrected chi connectivity index (χ4v) is 3.49. The second-order valence-corrected chi connectivity index (χ2v) is 6.88. The van der Waals surface area contributed by atoms with Gasteiger partial charge < -0.3 is 4.90 Å². The van der Waals surface area contributed by atoms with Gasteiger partial charge in [0.15, 0.2) is 0 Å². The SMILES string of the molecule is Cc1ccccc1CN1CCN(c2cn[nH]c(=O)c2Br)C[C@@H]1C. The monoisotopic (exact) mass is 376 g/mol. The average molecular weight is 377 g/mol. The van der Waals surface area contributed by atoms with E-state index in [0.717, 1.165) is 31.9 Å². The second kappa shape index (κ2) is 6.84. The molecule has 1 N–H and O–H groups in total. The normalized spacial score (nSPS) is 19.1. The van der Waals surface area contributed by atoms with E-state index in [4.69, 9.17) is 0 Å². The Hall–Kier alpha value is -1.66. The predicted octanol–water partition coefficient (Wildman–Crippen LogP) is 2.55. The van der Waals surface area contributed by atoms with Crippen molar-refractivity contribution in [1.82, 2.24) is 15.1 Å². The topological polar surface area (TPSA) is 52.2 Å². The van der Waals surface area contributed by atoms with E-state index in [9.17, 15) is 4.79 Å². The quantitative estimate of drug-likeness (QED) is 0.894. The first kappa shape index (κ1) is 16.2. The van der Waals surface area contributed by atoms with Gasteiger partial charge in [-0.25, -0.2) is 5.10 Å². The highest BCUT2D eigenvalue weighted by atomic mass is 79.9. The third-order valence-corrected chi connectivity index (χ3v) is 5.28. The van der Waals surface area contributed by atoms with E-state index in [2.05, 4.69) is 74.0 Å². The molecule has 5 nitrogen and oxygen atoms in total. The van der Waals surface area contributed by atoms with E-state index < -0.39 is 0 Å². The Balaban J connectivity index is 1.71. The van der Waals surface area contributed by atoms with Gasteiger partial charge in [0, 0.05) is 32.2 Å². The molecule has 1 aromatic carbocycles. The van der Waals surface area contributed by atoms with Crippen LogP contribution >= 0.6 is 15.9 Å². The lowest BCUT2D eigenvalue weighted by Gasteiger charge is -2.41. The minimum atomic E-state index is -0.183. The van der Waals surface area contributed by atoms with Crippen molar-refractivity contribution in [2.45, 2.75) is 26.4 Å². The first-order valence-electron chi connectivity index (χ1n) is 7.83. The Morgan fingerprint density at radius 1 is 1.35 bits per heavy atom. The summed E-state index contributed by atoms with van der Waals surface area (Å²) in [6.45, 7) is 8.11. The minimum Gasteiger partial charge on any atom is -0.366 e. The molecule has 0 spiro atoms. The zero-order valence-electron chi connectivity index (χ0n) is 13.4. The highest BCUT2D eigenvalue weighted by molar-refractivity contribution is 9.10. The van der Waals surface area contributed by atoms with Crippen LogP contribution in [0, 0.1) is 6.92 Å². The van der Waals surface area contributed by atoms with Crippen LogP contribution in [0.2, 0.25) is 0 Å². The molecule has 2 aromatic rings. The van der Waals surface area contributed by atoms with Crippen molar-refractivity contribution in [3.63, 3.8) is 0 Å². The predicted molar refractivity (Wildman–Crippen MR) is 95.8 cm³/mol. The number of piperazine rings is 1. The Morgan fingerprint density at radius 2 is 2.13 bits per heavy atom. The van der Waals surface area contributed by atoms with E-state index in [1.165, 1.54) is 11.1 Å². The first-order chi connectivity index (χ1) is 11.1. The number of H-pyrrole nitrogens is 1. The molecule has 1 atom stereocenters.